The maximum atomic E-state index is 12.8. The second-order valence-corrected chi connectivity index (χ2v) is 9.20. The standard InChI is InChI=1S/C25H31N5O3S/c1-6-33-20-13-11-19(12-14-20)26-21(31)15-34-25-29-28-23(30(25)5)22(16(2)3)27-24(32)18-9-7-17(4)8-10-18/h7-14,16,22H,6,15H2,1-5H3,(H,26,31)(H,27,32)/t22-/m1/s1. The number of carbonyl (C=O) groups excluding carboxylic acids is 2. The summed E-state index contributed by atoms with van der Waals surface area (Å²) in [6.45, 7) is 8.54. The van der Waals surface area contributed by atoms with Crippen molar-refractivity contribution < 1.29 is 14.3 Å². The van der Waals surface area contributed by atoms with Crippen LogP contribution >= 0.6 is 11.8 Å². The average molecular weight is 482 g/mol. The van der Waals surface area contributed by atoms with Gasteiger partial charge in [-0.3, -0.25) is 9.59 Å². The van der Waals surface area contributed by atoms with Crippen LogP contribution in [0.5, 0.6) is 5.75 Å². The van der Waals surface area contributed by atoms with Crippen LogP contribution in [0.1, 0.15) is 48.6 Å². The lowest BCUT2D eigenvalue weighted by Crippen LogP contribution is -2.33. The summed E-state index contributed by atoms with van der Waals surface area (Å²) in [6, 6.07) is 14.4. The van der Waals surface area contributed by atoms with Crippen LogP contribution in [0.2, 0.25) is 0 Å². The Kier molecular flexibility index (Phi) is 8.70. The summed E-state index contributed by atoms with van der Waals surface area (Å²) in [4.78, 5) is 25.2. The lowest BCUT2D eigenvalue weighted by atomic mass is 10.0. The smallest absolute Gasteiger partial charge is 0.251 e. The molecule has 0 aliphatic carbocycles. The molecule has 0 radical (unpaired) electrons. The molecular formula is C25H31N5O3S. The predicted octanol–water partition coefficient (Wildman–Crippen LogP) is 4.38. The van der Waals surface area contributed by atoms with Gasteiger partial charge in [-0.15, -0.1) is 10.2 Å². The first-order valence-corrected chi connectivity index (χ1v) is 12.2. The van der Waals surface area contributed by atoms with Crippen molar-refractivity contribution in [2.24, 2.45) is 13.0 Å². The fraction of sp³-hybridized carbons (Fsp3) is 0.360. The van der Waals surface area contributed by atoms with Crippen LogP contribution in [0.4, 0.5) is 5.69 Å². The molecule has 9 heteroatoms. The molecule has 3 rings (SSSR count). The predicted molar refractivity (Wildman–Crippen MR) is 134 cm³/mol. The maximum Gasteiger partial charge on any atom is 0.251 e. The zero-order valence-electron chi connectivity index (χ0n) is 20.2. The van der Waals surface area contributed by atoms with Gasteiger partial charge in [0.25, 0.3) is 5.91 Å². The molecular weight excluding hydrogens is 450 g/mol. The number of amides is 2. The van der Waals surface area contributed by atoms with Gasteiger partial charge in [0.1, 0.15) is 5.75 Å². The molecule has 0 saturated heterocycles. The van der Waals surface area contributed by atoms with Crippen LogP contribution in [-0.4, -0.2) is 38.9 Å². The second kappa shape index (κ2) is 11.7. The van der Waals surface area contributed by atoms with E-state index in [-0.39, 0.29) is 29.5 Å². The Labute approximate surface area is 204 Å². The summed E-state index contributed by atoms with van der Waals surface area (Å²) in [6.07, 6.45) is 0. The molecule has 0 unspecified atom stereocenters. The number of aryl methyl sites for hydroxylation is 1. The number of benzene rings is 2. The van der Waals surface area contributed by atoms with Crippen molar-refractivity contribution in [2.45, 2.75) is 38.9 Å². The van der Waals surface area contributed by atoms with E-state index in [9.17, 15) is 9.59 Å². The SMILES string of the molecule is CCOc1ccc(NC(=O)CSc2nnc([C@H](NC(=O)c3ccc(C)cc3)C(C)C)n2C)cc1. The molecule has 3 aromatic rings. The number of hydrogen-bond acceptors (Lipinski definition) is 6. The Hall–Kier alpha value is -3.33. The Morgan fingerprint density at radius 3 is 2.35 bits per heavy atom. The van der Waals surface area contributed by atoms with E-state index in [1.54, 1.807) is 12.1 Å². The number of carbonyl (C=O) groups is 2. The molecule has 1 atom stereocenters. The van der Waals surface area contributed by atoms with E-state index in [1.165, 1.54) is 11.8 Å². The van der Waals surface area contributed by atoms with E-state index < -0.39 is 0 Å². The van der Waals surface area contributed by atoms with Gasteiger partial charge < -0.3 is 19.9 Å². The minimum Gasteiger partial charge on any atom is -0.494 e. The number of aromatic nitrogens is 3. The highest BCUT2D eigenvalue weighted by molar-refractivity contribution is 7.99. The highest BCUT2D eigenvalue weighted by Crippen LogP contribution is 2.25. The van der Waals surface area contributed by atoms with Crippen molar-refractivity contribution in [3.05, 3.63) is 65.5 Å². The topological polar surface area (TPSA) is 98.1 Å². The fourth-order valence-electron chi connectivity index (χ4n) is 3.31. The van der Waals surface area contributed by atoms with Gasteiger partial charge in [-0.25, -0.2) is 0 Å². The second-order valence-electron chi connectivity index (χ2n) is 8.26. The molecule has 1 aromatic heterocycles. The number of anilines is 1. The van der Waals surface area contributed by atoms with Crippen molar-refractivity contribution in [3.8, 4) is 5.75 Å². The number of hydrogen-bond donors (Lipinski definition) is 2. The van der Waals surface area contributed by atoms with Crippen LogP contribution in [0.3, 0.4) is 0 Å². The Morgan fingerprint density at radius 2 is 1.74 bits per heavy atom. The third-order valence-corrected chi connectivity index (χ3v) is 6.22. The van der Waals surface area contributed by atoms with E-state index in [0.717, 1.165) is 11.3 Å². The molecule has 0 saturated carbocycles. The largest absolute Gasteiger partial charge is 0.494 e. The highest BCUT2D eigenvalue weighted by atomic mass is 32.2. The van der Waals surface area contributed by atoms with Gasteiger partial charge in [0.05, 0.1) is 18.4 Å². The van der Waals surface area contributed by atoms with Crippen molar-refractivity contribution in [1.82, 2.24) is 20.1 Å². The van der Waals surface area contributed by atoms with Gasteiger partial charge in [-0.2, -0.15) is 0 Å². The summed E-state index contributed by atoms with van der Waals surface area (Å²) in [7, 11) is 1.84. The first kappa shape index (κ1) is 25.3. The van der Waals surface area contributed by atoms with Gasteiger partial charge in [0.2, 0.25) is 5.91 Å². The van der Waals surface area contributed by atoms with Crippen molar-refractivity contribution >= 4 is 29.3 Å². The van der Waals surface area contributed by atoms with Crippen LogP contribution in [-0.2, 0) is 11.8 Å². The first-order chi connectivity index (χ1) is 16.3. The number of nitrogens with zero attached hydrogens (tertiary/aromatic N) is 3. The third kappa shape index (κ3) is 6.60. The van der Waals surface area contributed by atoms with Gasteiger partial charge in [-0.05, 0) is 56.2 Å². The number of rotatable bonds is 10. The zero-order chi connectivity index (χ0) is 24.7. The summed E-state index contributed by atoms with van der Waals surface area (Å²) in [5, 5.41) is 15.1. The lowest BCUT2D eigenvalue weighted by molar-refractivity contribution is -0.113. The summed E-state index contributed by atoms with van der Waals surface area (Å²) in [5.41, 5.74) is 2.39. The zero-order valence-corrected chi connectivity index (χ0v) is 21.0. The first-order valence-electron chi connectivity index (χ1n) is 11.2. The summed E-state index contributed by atoms with van der Waals surface area (Å²) in [5.74, 6) is 1.37. The summed E-state index contributed by atoms with van der Waals surface area (Å²) < 4.78 is 7.24. The average Bonchev–Trinajstić information content (AvgIpc) is 3.17. The molecule has 0 aliphatic heterocycles. The molecule has 1 heterocycles. The molecule has 0 bridgehead atoms. The van der Waals surface area contributed by atoms with Crippen LogP contribution in [0.25, 0.3) is 0 Å². The van der Waals surface area contributed by atoms with Crippen molar-refractivity contribution in [1.29, 1.82) is 0 Å². The van der Waals surface area contributed by atoms with E-state index >= 15 is 0 Å². The van der Waals surface area contributed by atoms with Crippen LogP contribution < -0.4 is 15.4 Å². The molecule has 2 N–H and O–H groups in total. The molecule has 2 aromatic carbocycles. The molecule has 8 nitrogen and oxygen atoms in total. The van der Waals surface area contributed by atoms with E-state index in [2.05, 4.69) is 20.8 Å². The monoisotopic (exact) mass is 481 g/mol. The van der Waals surface area contributed by atoms with E-state index in [4.69, 9.17) is 4.74 Å². The Bertz CT molecular complexity index is 1110. The van der Waals surface area contributed by atoms with Crippen LogP contribution in [0, 0.1) is 12.8 Å². The molecule has 34 heavy (non-hydrogen) atoms. The number of nitrogens with one attached hydrogen (secondary N) is 2. The fourth-order valence-corrected chi connectivity index (χ4v) is 4.03. The Balaban J connectivity index is 1.62. The van der Waals surface area contributed by atoms with Gasteiger partial charge in [0.15, 0.2) is 11.0 Å². The van der Waals surface area contributed by atoms with Crippen LogP contribution in [0.15, 0.2) is 53.7 Å². The normalized spacial score (nSPS) is 11.8. The Morgan fingerprint density at radius 1 is 1.06 bits per heavy atom. The quantitative estimate of drug-likeness (QED) is 0.417. The van der Waals surface area contributed by atoms with Crippen molar-refractivity contribution in [2.75, 3.05) is 17.7 Å². The summed E-state index contributed by atoms with van der Waals surface area (Å²) >= 11 is 1.29. The molecule has 0 fully saturated rings. The van der Waals surface area contributed by atoms with Gasteiger partial charge >= 0.3 is 0 Å². The number of ether oxygens (including phenoxy) is 1. The van der Waals surface area contributed by atoms with Crippen molar-refractivity contribution in [3.63, 3.8) is 0 Å². The van der Waals surface area contributed by atoms with Gasteiger partial charge in [0, 0.05) is 18.3 Å². The highest BCUT2D eigenvalue weighted by Gasteiger charge is 2.25. The number of thioether (sulfide) groups is 1. The van der Waals surface area contributed by atoms with Gasteiger partial charge in [-0.1, -0.05) is 43.3 Å². The molecule has 180 valence electrons. The molecule has 0 aliphatic rings. The van der Waals surface area contributed by atoms with E-state index in [1.807, 2.05) is 75.7 Å². The minimum absolute atomic E-state index is 0.0955. The van der Waals surface area contributed by atoms with E-state index in [0.29, 0.717) is 28.8 Å². The molecule has 0 spiro atoms. The molecule has 2 amide bonds. The maximum absolute atomic E-state index is 12.8. The minimum atomic E-state index is -0.321. The lowest BCUT2D eigenvalue weighted by Gasteiger charge is -2.21. The third-order valence-electron chi connectivity index (χ3n) is 5.20.